The molecule has 2 aromatic heterocycles. The van der Waals surface area contributed by atoms with Crippen LogP contribution in [-0.2, 0) is 11.2 Å². The minimum Gasteiger partial charge on any atom is -0.465 e. The van der Waals surface area contributed by atoms with Gasteiger partial charge >= 0.3 is 0 Å². The molecule has 1 amide bonds. The number of tetrazole rings is 1. The molecule has 1 N–H and O–H groups in total. The van der Waals surface area contributed by atoms with E-state index in [1.165, 1.54) is 16.8 Å². The first-order chi connectivity index (χ1) is 15.0. The van der Waals surface area contributed by atoms with Crippen LogP contribution in [0.2, 0.25) is 0 Å². The molecule has 3 heterocycles. The number of carbonyl (C=O) groups is 1. The van der Waals surface area contributed by atoms with Gasteiger partial charge in [-0.1, -0.05) is 12.1 Å². The Morgan fingerprint density at radius 2 is 2.03 bits per heavy atom. The number of furan rings is 1. The normalized spacial score (nSPS) is 16.4. The van der Waals surface area contributed by atoms with Crippen LogP contribution in [0.3, 0.4) is 0 Å². The van der Waals surface area contributed by atoms with Gasteiger partial charge in [-0.05, 0) is 80.0 Å². The Bertz CT molecular complexity index is 1030. The number of likely N-dealkylation sites (tertiary alicyclic amines) is 1. The Balaban J connectivity index is 1.52. The van der Waals surface area contributed by atoms with Crippen molar-refractivity contribution in [3.8, 4) is 0 Å². The van der Waals surface area contributed by atoms with E-state index in [0.717, 1.165) is 37.5 Å². The fraction of sp³-hybridized carbons (Fsp3) is 0.455. The van der Waals surface area contributed by atoms with Gasteiger partial charge in [0.25, 0.3) is 0 Å². The van der Waals surface area contributed by atoms with Gasteiger partial charge in [0.15, 0.2) is 0 Å². The number of rotatable bonds is 8. The van der Waals surface area contributed by atoms with Gasteiger partial charge in [0.05, 0.1) is 6.04 Å². The Kier molecular flexibility index (Phi) is 6.41. The van der Waals surface area contributed by atoms with Gasteiger partial charge in [0.2, 0.25) is 5.91 Å². The lowest BCUT2D eigenvalue weighted by Crippen LogP contribution is -2.40. The number of benzene rings is 1. The molecule has 1 aliphatic rings. The summed E-state index contributed by atoms with van der Waals surface area (Å²) in [4.78, 5) is 15.6. The van der Waals surface area contributed by atoms with Crippen molar-refractivity contribution in [3.63, 3.8) is 0 Å². The van der Waals surface area contributed by atoms with Crippen LogP contribution in [0.1, 0.15) is 47.8 Å². The van der Waals surface area contributed by atoms with Crippen molar-refractivity contribution in [1.82, 2.24) is 30.4 Å². The predicted octanol–water partition coefficient (Wildman–Crippen LogP) is 2.76. The first kappa shape index (κ1) is 21.2. The van der Waals surface area contributed by atoms with E-state index in [4.69, 9.17) is 4.42 Å². The van der Waals surface area contributed by atoms with Crippen LogP contribution in [-0.4, -0.2) is 50.6 Å². The topological polar surface area (TPSA) is 89.1 Å². The molecule has 0 aliphatic carbocycles. The standard InChI is InChI=1S/C22H27FN6O2/c1-15-8-9-21(31-15)20(28-10-3-4-11-28)14-24-22(30)19(29-16(2)25-26-27-29)13-17-6-5-7-18(23)12-17/h5-9,12,19-20H,3-4,10-11,13-14H2,1-2H3,(H,24,30). The summed E-state index contributed by atoms with van der Waals surface area (Å²) in [5.74, 6) is 1.66. The van der Waals surface area contributed by atoms with Crippen LogP contribution in [0, 0.1) is 19.7 Å². The van der Waals surface area contributed by atoms with Gasteiger partial charge in [-0.15, -0.1) is 5.10 Å². The molecule has 3 aromatic rings. The summed E-state index contributed by atoms with van der Waals surface area (Å²) < 4.78 is 21.1. The maximum atomic E-state index is 13.7. The van der Waals surface area contributed by atoms with Crippen molar-refractivity contribution in [3.05, 3.63) is 65.1 Å². The van der Waals surface area contributed by atoms with Gasteiger partial charge in [-0.3, -0.25) is 9.69 Å². The van der Waals surface area contributed by atoms with E-state index in [-0.39, 0.29) is 24.2 Å². The zero-order valence-electron chi connectivity index (χ0n) is 17.8. The molecule has 164 valence electrons. The zero-order valence-corrected chi connectivity index (χ0v) is 17.8. The molecule has 2 atom stereocenters. The lowest BCUT2D eigenvalue weighted by Gasteiger charge is -2.27. The van der Waals surface area contributed by atoms with Crippen molar-refractivity contribution >= 4 is 5.91 Å². The van der Waals surface area contributed by atoms with E-state index in [9.17, 15) is 9.18 Å². The minimum atomic E-state index is -0.686. The SMILES string of the molecule is Cc1ccc(C(CNC(=O)C(Cc2cccc(F)c2)n2nnnc2C)N2CCCC2)o1. The Morgan fingerprint density at radius 1 is 1.23 bits per heavy atom. The molecular formula is C22H27FN6O2. The number of hydrogen-bond acceptors (Lipinski definition) is 6. The zero-order chi connectivity index (χ0) is 21.8. The van der Waals surface area contributed by atoms with Crippen LogP contribution in [0.25, 0.3) is 0 Å². The molecule has 1 saturated heterocycles. The smallest absolute Gasteiger partial charge is 0.245 e. The summed E-state index contributed by atoms with van der Waals surface area (Å²) in [5, 5.41) is 14.7. The second-order valence-corrected chi connectivity index (χ2v) is 7.97. The molecule has 31 heavy (non-hydrogen) atoms. The van der Waals surface area contributed by atoms with Gasteiger partial charge in [-0.2, -0.15) is 0 Å². The van der Waals surface area contributed by atoms with Crippen molar-refractivity contribution < 1.29 is 13.6 Å². The van der Waals surface area contributed by atoms with Gasteiger partial charge in [-0.25, -0.2) is 9.07 Å². The summed E-state index contributed by atoms with van der Waals surface area (Å²) in [6.45, 7) is 6.01. The number of nitrogens with one attached hydrogen (secondary N) is 1. The predicted molar refractivity (Wildman–Crippen MR) is 112 cm³/mol. The summed E-state index contributed by atoms with van der Waals surface area (Å²) in [6, 6.07) is 9.43. The maximum Gasteiger partial charge on any atom is 0.245 e. The van der Waals surface area contributed by atoms with E-state index in [1.54, 1.807) is 19.1 Å². The Labute approximate surface area is 180 Å². The summed E-state index contributed by atoms with van der Waals surface area (Å²) in [5.41, 5.74) is 0.702. The average Bonchev–Trinajstić information content (AvgIpc) is 3.50. The van der Waals surface area contributed by atoms with Gasteiger partial charge < -0.3 is 9.73 Å². The highest BCUT2D eigenvalue weighted by Crippen LogP contribution is 2.26. The van der Waals surface area contributed by atoms with Crippen LogP contribution in [0.4, 0.5) is 4.39 Å². The quantitative estimate of drug-likeness (QED) is 0.596. The number of nitrogens with zero attached hydrogens (tertiary/aromatic N) is 5. The second-order valence-electron chi connectivity index (χ2n) is 7.97. The van der Waals surface area contributed by atoms with E-state index >= 15 is 0 Å². The molecule has 2 unspecified atom stereocenters. The molecule has 0 bridgehead atoms. The van der Waals surface area contributed by atoms with E-state index in [1.807, 2.05) is 19.1 Å². The fourth-order valence-electron chi connectivity index (χ4n) is 4.11. The lowest BCUT2D eigenvalue weighted by atomic mass is 10.0. The largest absolute Gasteiger partial charge is 0.465 e. The van der Waals surface area contributed by atoms with Crippen molar-refractivity contribution in [2.24, 2.45) is 0 Å². The number of hydrogen-bond donors (Lipinski definition) is 1. The number of carbonyl (C=O) groups excluding carboxylic acids is 1. The summed E-state index contributed by atoms with van der Waals surface area (Å²) >= 11 is 0. The minimum absolute atomic E-state index is 0.0371. The molecule has 1 fully saturated rings. The van der Waals surface area contributed by atoms with Crippen LogP contribution < -0.4 is 5.32 Å². The van der Waals surface area contributed by atoms with Crippen LogP contribution >= 0.6 is 0 Å². The number of amides is 1. The van der Waals surface area contributed by atoms with Crippen LogP contribution in [0.5, 0.6) is 0 Å². The molecule has 1 aliphatic heterocycles. The molecule has 0 spiro atoms. The monoisotopic (exact) mass is 426 g/mol. The van der Waals surface area contributed by atoms with Gasteiger partial charge in [0.1, 0.15) is 29.2 Å². The molecule has 0 saturated carbocycles. The number of halogens is 1. The van der Waals surface area contributed by atoms with Gasteiger partial charge in [0, 0.05) is 13.0 Å². The third-order valence-electron chi connectivity index (χ3n) is 5.71. The van der Waals surface area contributed by atoms with Crippen LogP contribution in [0.15, 0.2) is 40.8 Å². The molecule has 1 aromatic carbocycles. The first-order valence-corrected chi connectivity index (χ1v) is 10.6. The Morgan fingerprint density at radius 3 is 2.68 bits per heavy atom. The molecule has 4 rings (SSSR count). The lowest BCUT2D eigenvalue weighted by molar-refractivity contribution is -0.125. The highest BCUT2D eigenvalue weighted by molar-refractivity contribution is 5.80. The van der Waals surface area contributed by atoms with Crippen molar-refractivity contribution in [1.29, 1.82) is 0 Å². The molecule has 0 radical (unpaired) electrons. The fourth-order valence-corrected chi connectivity index (χ4v) is 4.11. The summed E-state index contributed by atoms with van der Waals surface area (Å²) in [7, 11) is 0. The maximum absolute atomic E-state index is 13.7. The molecular weight excluding hydrogens is 399 g/mol. The third-order valence-corrected chi connectivity index (χ3v) is 5.71. The number of aryl methyl sites for hydroxylation is 2. The van der Waals surface area contributed by atoms with Crippen molar-refractivity contribution in [2.75, 3.05) is 19.6 Å². The van der Waals surface area contributed by atoms with E-state index in [2.05, 4.69) is 25.7 Å². The van der Waals surface area contributed by atoms with E-state index < -0.39 is 6.04 Å². The Hall–Kier alpha value is -3.07. The highest BCUT2D eigenvalue weighted by atomic mass is 19.1. The first-order valence-electron chi connectivity index (χ1n) is 10.6. The summed E-state index contributed by atoms with van der Waals surface area (Å²) in [6.07, 6.45) is 2.55. The number of aromatic nitrogens is 4. The average molecular weight is 426 g/mol. The van der Waals surface area contributed by atoms with Crippen molar-refractivity contribution in [2.45, 2.75) is 45.2 Å². The second kappa shape index (κ2) is 9.38. The molecule has 8 nitrogen and oxygen atoms in total. The molecule has 9 heteroatoms. The third kappa shape index (κ3) is 4.99. The van der Waals surface area contributed by atoms with E-state index in [0.29, 0.717) is 17.9 Å². The highest BCUT2D eigenvalue weighted by Gasteiger charge is 2.29.